The maximum atomic E-state index is 2.47. The second-order valence-electron chi connectivity index (χ2n) is 2.35. The molecule has 1 rings (SSSR count). The first-order valence-corrected chi connectivity index (χ1v) is 8.01. The third-order valence-corrected chi connectivity index (χ3v) is 6.03. The predicted octanol–water partition coefficient (Wildman–Crippen LogP) is 1.90. The van der Waals surface area contributed by atoms with E-state index in [9.17, 15) is 0 Å². The molecule has 0 heterocycles. The Kier molecular flexibility index (Phi) is 1.23. The van der Waals surface area contributed by atoms with Gasteiger partial charge in [0.2, 0.25) is 0 Å². The summed E-state index contributed by atoms with van der Waals surface area (Å²) in [4.78, 5) is 0. The number of hydrogen-bond donors (Lipinski definition) is 0. The van der Waals surface area contributed by atoms with Gasteiger partial charge in [0, 0.05) is 0 Å². The molecule has 0 nitrogen and oxygen atoms in total. The molecule has 1 saturated carbocycles. The zero-order chi connectivity index (χ0) is 4.57. The molecular weight excluding hydrogens is 133 g/mol. The van der Waals surface area contributed by atoms with Gasteiger partial charge >= 0.3 is 43.5 Å². The van der Waals surface area contributed by atoms with E-state index in [2.05, 4.69) is 11.5 Å². The molecule has 0 amide bonds. The standard InChI is InChI=1S/C5H11Ge/c1-6(2)5-3-4-5/h5H,3-4H2,1-2H3. The van der Waals surface area contributed by atoms with Gasteiger partial charge < -0.3 is 0 Å². The van der Waals surface area contributed by atoms with E-state index in [0.717, 1.165) is 0 Å². The van der Waals surface area contributed by atoms with Gasteiger partial charge in [0.15, 0.2) is 0 Å². The van der Waals surface area contributed by atoms with Crippen molar-refractivity contribution >= 4 is 14.3 Å². The van der Waals surface area contributed by atoms with Crippen LogP contribution in [0.4, 0.5) is 0 Å². The summed E-state index contributed by atoms with van der Waals surface area (Å²) in [5.41, 5.74) is 0. The van der Waals surface area contributed by atoms with E-state index in [-0.39, 0.29) is 14.3 Å². The first-order valence-electron chi connectivity index (χ1n) is 2.61. The average molecular weight is 144 g/mol. The summed E-state index contributed by atoms with van der Waals surface area (Å²) < 4.78 is 1.27. The summed E-state index contributed by atoms with van der Waals surface area (Å²) >= 11 is -0.352. The molecule has 1 heteroatoms. The fourth-order valence-electron chi connectivity index (χ4n) is 0.661. The number of hydrogen-bond acceptors (Lipinski definition) is 0. The second kappa shape index (κ2) is 1.57. The third-order valence-electron chi connectivity index (χ3n) is 1.39. The average Bonchev–Trinajstić information content (AvgIpc) is 2.06. The minimum atomic E-state index is -0.352. The molecule has 0 saturated heterocycles. The van der Waals surface area contributed by atoms with Crippen molar-refractivity contribution in [2.24, 2.45) is 0 Å². The van der Waals surface area contributed by atoms with E-state index in [0.29, 0.717) is 0 Å². The zero-order valence-electron chi connectivity index (χ0n) is 4.49. The van der Waals surface area contributed by atoms with Crippen LogP contribution in [0.15, 0.2) is 0 Å². The van der Waals surface area contributed by atoms with E-state index in [1.165, 1.54) is 4.75 Å². The Balaban J connectivity index is 2.13. The van der Waals surface area contributed by atoms with Crippen LogP contribution in [0.2, 0.25) is 16.3 Å². The normalized spacial score (nSPS) is 22.5. The Hall–Kier alpha value is 0.543. The van der Waals surface area contributed by atoms with Gasteiger partial charge in [0.05, 0.1) is 0 Å². The molecule has 1 fully saturated rings. The van der Waals surface area contributed by atoms with Crippen molar-refractivity contribution in [3.8, 4) is 0 Å². The van der Waals surface area contributed by atoms with Gasteiger partial charge in [-0.1, -0.05) is 0 Å². The molecule has 0 aliphatic heterocycles. The molecule has 1 aliphatic carbocycles. The first-order chi connectivity index (χ1) is 2.80. The van der Waals surface area contributed by atoms with Crippen molar-refractivity contribution in [1.29, 1.82) is 0 Å². The van der Waals surface area contributed by atoms with E-state index in [4.69, 9.17) is 0 Å². The van der Waals surface area contributed by atoms with Gasteiger partial charge in [-0.25, -0.2) is 0 Å². The topological polar surface area (TPSA) is 0 Å². The molecular formula is C5H11Ge. The van der Waals surface area contributed by atoms with Crippen LogP contribution in [-0.4, -0.2) is 14.3 Å². The molecule has 0 atom stereocenters. The predicted molar refractivity (Wildman–Crippen MR) is 30.5 cm³/mol. The summed E-state index contributed by atoms with van der Waals surface area (Å²) in [6.45, 7) is 0. The maximum absolute atomic E-state index is 2.47. The third kappa shape index (κ3) is 1.00. The molecule has 0 aromatic carbocycles. The fraction of sp³-hybridized carbons (Fsp3) is 1.00. The Morgan fingerprint density at radius 3 is 1.83 bits per heavy atom. The van der Waals surface area contributed by atoms with Gasteiger partial charge in [0.1, 0.15) is 0 Å². The summed E-state index contributed by atoms with van der Waals surface area (Å²) in [6, 6.07) is 0. The molecule has 0 spiro atoms. The molecule has 0 aromatic heterocycles. The molecule has 0 bridgehead atoms. The molecule has 0 unspecified atom stereocenters. The summed E-state index contributed by atoms with van der Waals surface area (Å²) in [7, 11) is 0. The van der Waals surface area contributed by atoms with Crippen LogP contribution in [0.1, 0.15) is 12.8 Å². The molecule has 35 valence electrons. The Morgan fingerprint density at radius 1 is 1.33 bits per heavy atom. The summed E-state index contributed by atoms with van der Waals surface area (Å²) in [6.07, 6.45) is 3.14. The van der Waals surface area contributed by atoms with Crippen molar-refractivity contribution < 1.29 is 0 Å². The zero-order valence-corrected chi connectivity index (χ0v) is 6.59. The molecule has 0 aromatic rings. The Morgan fingerprint density at radius 2 is 1.83 bits per heavy atom. The van der Waals surface area contributed by atoms with Crippen molar-refractivity contribution in [3.63, 3.8) is 0 Å². The van der Waals surface area contributed by atoms with Gasteiger partial charge in [-0.3, -0.25) is 0 Å². The first kappa shape index (κ1) is 4.70. The minimum absolute atomic E-state index is 0.352. The quantitative estimate of drug-likeness (QED) is 0.492. The van der Waals surface area contributed by atoms with Crippen LogP contribution >= 0.6 is 0 Å². The van der Waals surface area contributed by atoms with Gasteiger partial charge in [-0.2, -0.15) is 0 Å². The van der Waals surface area contributed by atoms with Gasteiger partial charge in [-0.05, 0) is 0 Å². The van der Waals surface area contributed by atoms with Crippen LogP contribution < -0.4 is 0 Å². The van der Waals surface area contributed by atoms with E-state index < -0.39 is 0 Å². The van der Waals surface area contributed by atoms with Crippen LogP contribution in [-0.2, 0) is 0 Å². The van der Waals surface area contributed by atoms with Crippen LogP contribution in [0.3, 0.4) is 0 Å². The monoisotopic (exact) mass is 145 g/mol. The van der Waals surface area contributed by atoms with E-state index in [1.807, 2.05) is 0 Å². The van der Waals surface area contributed by atoms with Crippen molar-refractivity contribution in [2.45, 2.75) is 29.1 Å². The van der Waals surface area contributed by atoms with Crippen molar-refractivity contribution in [3.05, 3.63) is 0 Å². The van der Waals surface area contributed by atoms with Crippen LogP contribution in [0, 0.1) is 0 Å². The van der Waals surface area contributed by atoms with Gasteiger partial charge in [0.25, 0.3) is 0 Å². The number of rotatable bonds is 1. The summed E-state index contributed by atoms with van der Waals surface area (Å²) in [5.74, 6) is 4.94. The van der Waals surface area contributed by atoms with Crippen LogP contribution in [0.25, 0.3) is 0 Å². The molecule has 0 N–H and O–H groups in total. The summed E-state index contributed by atoms with van der Waals surface area (Å²) in [5, 5.41) is 0. The van der Waals surface area contributed by atoms with Crippen molar-refractivity contribution in [2.75, 3.05) is 0 Å². The second-order valence-corrected chi connectivity index (χ2v) is 8.59. The molecule has 1 radical (unpaired) electrons. The Bertz CT molecular complexity index is 45.9. The SMILES string of the molecule is [CH3][Ge]([CH3])[CH]1CC1. The Labute approximate surface area is 44.0 Å². The van der Waals surface area contributed by atoms with Gasteiger partial charge in [-0.15, -0.1) is 0 Å². The van der Waals surface area contributed by atoms with Crippen LogP contribution in [0.5, 0.6) is 0 Å². The fourth-order valence-corrected chi connectivity index (χ4v) is 3.43. The van der Waals surface area contributed by atoms with E-state index >= 15 is 0 Å². The molecule has 6 heavy (non-hydrogen) atoms. The van der Waals surface area contributed by atoms with Crippen molar-refractivity contribution in [1.82, 2.24) is 0 Å². The van der Waals surface area contributed by atoms with E-state index in [1.54, 1.807) is 12.8 Å². The molecule has 1 aliphatic rings.